The zero-order chi connectivity index (χ0) is 22.7. The summed E-state index contributed by atoms with van der Waals surface area (Å²) >= 11 is 0. The molecule has 0 heterocycles. The molecular weight excluding hydrogens is 388 g/mol. The molecule has 0 aromatic heterocycles. The normalized spacial score (nSPS) is 18.8. The van der Waals surface area contributed by atoms with Gasteiger partial charge >= 0.3 is 11.9 Å². The maximum absolute atomic E-state index is 12.6. The van der Waals surface area contributed by atoms with Crippen molar-refractivity contribution in [3.05, 3.63) is 0 Å². The first kappa shape index (κ1) is 28.0. The molecule has 182 valence electrons. The van der Waals surface area contributed by atoms with Gasteiger partial charge in [-0.25, -0.2) is 0 Å². The van der Waals surface area contributed by atoms with Crippen molar-refractivity contribution >= 4 is 11.9 Å². The van der Waals surface area contributed by atoms with Gasteiger partial charge in [0.25, 0.3) is 0 Å². The topological polar surface area (TPSA) is 52.6 Å². The molecular formula is C27H50O4. The zero-order valence-corrected chi connectivity index (χ0v) is 20.8. The second-order valence-electron chi connectivity index (χ2n) is 9.90. The van der Waals surface area contributed by atoms with Crippen LogP contribution in [0.15, 0.2) is 0 Å². The van der Waals surface area contributed by atoms with Gasteiger partial charge in [-0.15, -0.1) is 0 Å². The highest BCUT2D eigenvalue weighted by atomic mass is 16.5. The number of ether oxygens (including phenoxy) is 2. The minimum absolute atomic E-state index is 0.183. The summed E-state index contributed by atoms with van der Waals surface area (Å²) in [6, 6.07) is 0. The molecule has 31 heavy (non-hydrogen) atoms. The summed E-state index contributed by atoms with van der Waals surface area (Å²) in [5.74, 6) is -0.301. The molecule has 1 rings (SSSR count). The van der Waals surface area contributed by atoms with Crippen LogP contribution in [0.5, 0.6) is 0 Å². The highest BCUT2D eigenvalue weighted by molar-refractivity contribution is 5.82. The Morgan fingerprint density at radius 1 is 0.677 bits per heavy atom. The smallest absolute Gasteiger partial charge is 0.309 e. The predicted molar refractivity (Wildman–Crippen MR) is 128 cm³/mol. The predicted octanol–water partition coefficient (Wildman–Crippen LogP) is 7.63. The third-order valence-corrected chi connectivity index (χ3v) is 6.53. The van der Waals surface area contributed by atoms with E-state index >= 15 is 0 Å². The minimum atomic E-state index is -0.306. The lowest BCUT2D eigenvalue weighted by atomic mass is 9.79. The molecule has 0 aromatic carbocycles. The molecule has 1 fully saturated rings. The van der Waals surface area contributed by atoms with E-state index in [4.69, 9.17) is 9.47 Å². The summed E-state index contributed by atoms with van der Waals surface area (Å²) in [6.07, 6.45) is 19.3. The van der Waals surface area contributed by atoms with Crippen LogP contribution in [0.2, 0.25) is 0 Å². The first-order valence-electron chi connectivity index (χ1n) is 13.4. The van der Waals surface area contributed by atoms with Gasteiger partial charge in [-0.1, -0.05) is 97.8 Å². The number of carbonyl (C=O) groups excluding carboxylic acids is 2. The second-order valence-corrected chi connectivity index (χ2v) is 9.90. The molecule has 4 heteroatoms. The molecule has 0 amide bonds. The number of unbranched alkanes of at least 4 members (excludes halogenated alkanes) is 10. The monoisotopic (exact) mass is 438 g/mol. The molecule has 0 bridgehead atoms. The van der Waals surface area contributed by atoms with E-state index in [2.05, 4.69) is 20.8 Å². The SMILES string of the molecule is CCCCCCCCCCCCOC(=O)C1CCCCC1C(=O)OCCCCC(C)C. The van der Waals surface area contributed by atoms with E-state index in [1.54, 1.807) is 0 Å². The molecule has 0 saturated heterocycles. The van der Waals surface area contributed by atoms with E-state index in [-0.39, 0.29) is 23.8 Å². The van der Waals surface area contributed by atoms with E-state index in [0.29, 0.717) is 19.1 Å². The quantitative estimate of drug-likeness (QED) is 0.163. The maximum Gasteiger partial charge on any atom is 0.309 e. The van der Waals surface area contributed by atoms with Crippen molar-refractivity contribution < 1.29 is 19.1 Å². The zero-order valence-electron chi connectivity index (χ0n) is 20.8. The van der Waals surface area contributed by atoms with Crippen LogP contribution in [0.4, 0.5) is 0 Å². The first-order chi connectivity index (χ1) is 15.1. The second kappa shape index (κ2) is 18.5. The lowest BCUT2D eigenvalue weighted by molar-refractivity contribution is -0.163. The van der Waals surface area contributed by atoms with Gasteiger partial charge in [0.05, 0.1) is 25.0 Å². The Hall–Kier alpha value is -1.06. The van der Waals surface area contributed by atoms with Gasteiger partial charge < -0.3 is 9.47 Å². The Labute approximate surface area is 192 Å². The number of esters is 2. The Bertz CT molecular complexity index is 460. The van der Waals surface area contributed by atoms with Crippen LogP contribution < -0.4 is 0 Å². The molecule has 1 aliphatic carbocycles. The Kier molecular flexibility index (Phi) is 16.7. The van der Waals surface area contributed by atoms with E-state index in [1.807, 2.05) is 0 Å². The van der Waals surface area contributed by atoms with E-state index in [0.717, 1.165) is 57.8 Å². The summed E-state index contributed by atoms with van der Waals surface area (Å²) < 4.78 is 11.1. The summed E-state index contributed by atoms with van der Waals surface area (Å²) in [5.41, 5.74) is 0. The third-order valence-electron chi connectivity index (χ3n) is 6.53. The van der Waals surface area contributed by atoms with Gasteiger partial charge in [0.1, 0.15) is 0 Å². The van der Waals surface area contributed by atoms with Crippen LogP contribution in [0.3, 0.4) is 0 Å². The van der Waals surface area contributed by atoms with Gasteiger partial charge in [0, 0.05) is 0 Å². The number of carbonyl (C=O) groups is 2. The molecule has 0 N–H and O–H groups in total. The largest absolute Gasteiger partial charge is 0.465 e. The number of hydrogen-bond acceptors (Lipinski definition) is 4. The highest BCUT2D eigenvalue weighted by Gasteiger charge is 2.37. The summed E-state index contributed by atoms with van der Waals surface area (Å²) in [7, 11) is 0. The molecule has 0 radical (unpaired) electrons. The van der Waals surface area contributed by atoms with Crippen LogP contribution in [0, 0.1) is 17.8 Å². The van der Waals surface area contributed by atoms with Gasteiger partial charge in [-0.05, 0) is 38.0 Å². The third kappa shape index (κ3) is 13.9. The van der Waals surface area contributed by atoms with Crippen molar-refractivity contribution in [2.24, 2.45) is 17.8 Å². The van der Waals surface area contributed by atoms with Crippen LogP contribution >= 0.6 is 0 Å². The van der Waals surface area contributed by atoms with Crippen molar-refractivity contribution in [2.75, 3.05) is 13.2 Å². The molecule has 0 spiro atoms. The van der Waals surface area contributed by atoms with E-state index < -0.39 is 0 Å². The average molecular weight is 439 g/mol. The van der Waals surface area contributed by atoms with Crippen molar-refractivity contribution in [2.45, 2.75) is 130 Å². The molecule has 0 aromatic rings. The molecule has 2 unspecified atom stereocenters. The molecule has 1 aliphatic rings. The first-order valence-corrected chi connectivity index (χ1v) is 13.4. The lowest BCUT2D eigenvalue weighted by Crippen LogP contribution is -2.35. The van der Waals surface area contributed by atoms with Crippen molar-refractivity contribution in [3.63, 3.8) is 0 Å². The lowest BCUT2D eigenvalue weighted by Gasteiger charge is -2.28. The van der Waals surface area contributed by atoms with Crippen LogP contribution in [-0.4, -0.2) is 25.2 Å². The van der Waals surface area contributed by atoms with Gasteiger partial charge in [-0.2, -0.15) is 0 Å². The van der Waals surface area contributed by atoms with E-state index in [9.17, 15) is 9.59 Å². The van der Waals surface area contributed by atoms with Crippen molar-refractivity contribution in [1.82, 2.24) is 0 Å². The molecule has 0 aliphatic heterocycles. The standard InChI is InChI=1S/C27H50O4/c1-4-5-6-7-8-9-10-11-12-16-21-30-26(28)24-19-13-14-20-25(24)27(29)31-22-17-15-18-23(2)3/h23-25H,4-22H2,1-3H3. The maximum atomic E-state index is 12.6. The molecule has 2 atom stereocenters. The van der Waals surface area contributed by atoms with Crippen molar-refractivity contribution in [3.8, 4) is 0 Å². The summed E-state index contributed by atoms with van der Waals surface area (Å²) in [5, 5.41) is 0. The highest BCUT2D eigenvalue weighted by Crippen LogP contribution is 2.32. The number of hydrogen-bond donors (Lipinski definition) is 0. The molecule has 4 nitrogen and oxygen atoms in total. The Balaban J connectivity index is 2.15. The average Bonchev–Trinajstić information content (AvgIpc) is 2.76. The van der Waals surface area contributed by atoms with Gasteiger partial charge in [0.2, 0.25) is 0 Å². The Morgan fingerprint density at radius 2 is 1.10 bits per heavy atom. The van der Waals surface area contributed by atoms with Crippen LogP contribution in [-0.2, 0) is 19.1 Å². The fourth-order valence-electron chi connectivity index (χ4n) is 4.50. The van der Waals surface area contributed by atoms with Crippen molar-refractivity contribution in [1.29, 1.82) is 0 Å². The van der Waals surface area contributed by atoms with Gasteiger partial charge in [-0.3, -0.25) is 9.59 Å². The Morgan fingerprint density at radius 3 is 1.55 bits per heavy atom. The van der Waals surface area contributed by atoms with E-state index in [1.165, 1.54) is 51.4 Å². The fraction of sp³-hybridized carbons (Fsp3) is 0.926. The van der Waals surface area contributed by atoms with Gasteiger partial charge in [0.15, 0.2) is 0 Å². The summed E-state index contributed by atoms with van der Waals surface area (Å²) in [4.78, 5) is 25.1. The molecule has 1 saturated carbocycles. The summed E-state index contributed by atoms with van der Waals surface area (Å²) in [6.45, 7) is 7.63. The minimum Gasteiger partial charge on any atom is -0.465 e. The van der Waals surface area contributed by atoms with Crippen LogP contribution in [0.1, 0.15) is 130 Å². The van der Waals surface area contributed by atoms with Crippen LogP contribution in [0.25, 0.3) is 0 Å². The number of rotatable bonds is 18. The fourth-order valence-corrected chi connectivity index (χ4v) is 4.50.